The lowest BCUT2D eigenvalue weighted by atomic mass is 9.99. The lowest BCUT2D eigenvalue weighted by Crippen LogP contribution is -2.41. The van der Waals surface area contributed by atoms with E-state index in [0.717, 1.165) is 28.0 Å². The first-order chi connectivity index (χ1) is 14.3. The Labute approximate surface area is 176 Å². The third kappa shape index (κ3) is 3.32. The van der Waals surface area contributed by atoms with Crippen molar-refractivity contribution in [3.05, 3.63) is 63.9 Å². The van der Waals surface area contributed by atoms with E-state index in [1.54, 1.807) is 6.08 Å². The van der Waals surface area contributed by atoms with Gasteiger partial charge < -0.3 is 9.47 Å². The molecule has 0 aromatic heterocycles. The molecule has 0 aliphatic carbocycles. The maximum absolute atomic E-state index is 13.0. The molecule has 30 heavy (non-hydrogen) atoms. The molecule has 0 amide bonds. The van der Waals surface area contributed by atoms with Crippen molar-refractivity contribution in [2.75, 3.05) is 18.2 Å². The second kappa shape index (κ2) is 6.96. The van der Waals surface area contributed by atoms with Gasteiger partial charge in [0, 0.05) is 23.7 Å². The van der Waals surface area contributed by atoms with E-state index in [1.807, 2.05) is 49.1 Å². The molecule has 5 rings (SSSR count). The molecule has 1 fully saturated rings. The Balaban J connectivity index is 1.44. The molecule has 0 radical (unpaired) electrons. The number of aryl methyl sites for hydroxylation is 1. The Morgan fingerprint density at radius 3 is 2.60 bits per heavy atom. The predicted molar refractivity (Wildman–Crippen MR) is 113 cm³/mol. The number of nitrogens with zero attached hydrogens (tertiary/aromatic N) is 1. The van der Waals surface area contributed by atoms with Crippen LogP contribution in [0.3, 0.4) is 0 Å². The van der Waals surface area contributed by atoms with E-state index in [2.05, 4.69) is 0 Å². The monoisotopic (exact) mass is 425 g/mol. The highest BCUT2D eigenvalue weighted by atomic mass is 32.2. The number of hydrogen-bond donors (Lipinski definition) is 0. The minimum atomic E-state index is -2.97. The van der Waals surface area contributed by atoms with Crippen molar-refractivity contribution in [2.45, 2.75) is 32.9 Å². The van der Waals surface area contributed by atoms with Crippen LogP contribution in [0.15, 0.2) is 36.1 Å². The second-order valence-corrected chi connectivity index (χ2v) is 10.5. The molecule has 1 saturated heterocycles. The van der Waals surface area contributed by atoms with Gasteiger partial charge in [-0.1, -0.05) is 29.8 Å². The van der Waals surface area contributed by atoms with Gasteiger partial charge in [-0.05, 0) is 38.0 Å². The number of carbonyl (C=O) groups is 1. The highest BCUT2D eigenvalue weighted by molar-refractivity contribution is 7.91. The van der Waals surface area contributed by atoms with Crippen LogP contribution in [0.4, 0.5) is 0 Å². The van der Waals surface area contributed by atoms with Crippen molar-refractivity contribution in [3.63, 3.8) is 0 Å². The molecule has 1 atom stereocenters. The summed E-state index contributed by atoms with van der Waals surface area (Å²) < 4.78 is 35.6. The van der Waals surface area contributed by atoms with E-state index in [1.165, 1.54) is 0 Å². The number of Topliss-reactive ketones (excluding diaryl/α,β-unsaturated/α-hetero) is 1. The minimum Gasteiger partial charge on any atom is -0.477 e. The highest BCUT2D eigenvalue weighted by Crippen LogP contribution is 2.43. The fourth-order valence-electron chi connectivity index (χ4n) is 4.38. The van der Waals surface area contributed by atoms with Crippen molar-refractivity contribution in [1.82, 2.24) is 4.90 Å². The largest absolute Gasteiger partial charge is 0.477 e. The molecule has 1 unspecified atom stereocenters. The standard InChI is InChI=1S/C23H23NO5S/c1-14-3-5-16(6-4-14)9-20-21(25)19-10-17-11-24(18-7-8-30(26,27)12-18)13-28-22(17)15(2)23(19)29-20/h3-6,9-10,18H,7-8,11-13H2,1-2H3/b20-9-. The van der Waals surface area contributed by atoms with Gasteiger partial charge >= 0.3 is 0 Å². The van der Waals surface area contributed by atoms with Gasteiger partial charge in [0.25, 0.3) is 0 Å². The molecular formula is C23H23NO5S. The van der Waals surface area contributed by atoms with Crippen molar-refractivity contribution < 1.29 is 22.7 Å². The molecule has 6 nitrogen and oxygen atoms in total. The first-order valence-corrected chi connectivity index (χ1v) is 11.9. The lowest BCUT2D eigenvalue weighted by molar-refractivity contribution is 0.0637. The van der Waals surface area contributed by atoms with E-state index < -0.39 is 9.84 Å². The van der Waals surface area contributed by atoms with Crippen molar-refractivity contribution in [1.29, 1.82) is 0 Å². The second-order valence-electron chi connectivity index (χ2n) is 8.29. The fourth-order valence-corrected chi connectivity index (χ4v) is 6.14. The molecule has 2 aromatic carbocycles. The van der Waals surface area contributed by atoms with Gasteiger partial charge in [0.2, 0.25) is 5.78 Å². The fraction of sp³-hybridized carbons (Fsp3) is 0.348. The summed E-state index contributed by atoms with van der Waals surface area (Å²) in [6.07, 6.45) is 2.38. The molecule has 0 saturated carbocycles. The Morgan fingerprint density at radius 1 is 1.13 bits per heavy atom. The van der Waals surface area contributed by atoms with Crippen LogP contribution in [0, 0.1) is 13.8 Å². The number of ether oxygens (including phenoxy) is 2. The molecule has 2 aromatic rings. The molecule has 0 N–H and O–H groups in total. The normalized spacial score (nSPS) is 23.7. The number of allylic oxidation sites excluding steroid dienone is 1. The Bertz CT molecular complexity index is 1180. The number of sulfone groups is 1. The summed E-state index contributed by atoms with van der Waals surface area (Å²) in [5, 5.41) is 0. The minimum absolute atomic E-state index is 0.0411. The zero-order valence-corrected chi connectivity index (χ0v) is 17.8. The van der Waals surface area contributed by atoms with E-state index in [0.29, 0.717) is 36.8 Å². The number of fused-ring (bicyclic) bond motifs is 2. The van der Waals surface area contributed by atoms with E-state index in [-0.39, 0.29) is 23.3 Å². The average Bonchev–Trinajstić information content (AvgIpc) is 3.23. The van der Waals surface area contributed by atoms with Crippen molar-refractivity contribution >= 4 is 21.7 Å². The summed E-state index contributed by atoms with van der Waals surface area (Å²) in [7, 11) is -2.97. The summed E-state index contributed by atoms with van der Waals surface area (Å²) in [6, 6.07) is 9.70. The maximum Gasteiger partial charge on any atom is 0.231 e. The Hall–Kier alpha value is -2.64. The summed E-state index contributed by atoms with van der Waals surface area (Å²) in [5.74, 6) is 1.84. The third-order valence-corrected chi connectivity index (χ3v) is 7.81. The smallest absolute Gasteiger partial charge is 0.231 e. The van der Waals surface area contributed by atoms with Crippen LogP contribution in [0.2, 0.25) is 0 Å². The molecular weight excluding hydrogens is 402 g/mol. The Kier molecular flexibility index (Phi) is 4.48. The van der Waals surface area contributed by atoms with Crippen molar-refractivity contribution in [3.8, 4) is 11.5 Å². The number of hydrogen-bond acceptors (Lipinski definition) is 6. The van der Waals surface area contributed by atoms with Crippen LogP contribution in [-0.2, 0) is 16.4 Å². The van der Waals surface area contributed by atoms with Crippen LogP contribution in [-0.4, -0.2) is 43.4 Å². The van der Waals surface area contributed by atoms with Gasteiger partial charge in [0.1, 0.15) is 18.2 Å². The maximum atomic E-state index is 13.0. The van der Waals surface area contributed by atoms with Gasteiger partial charge in [-0.25, -0.2) is 8.42 Å². The van der Waals surface area contributed by atoms with E-state index in [9.17, 15) is 13.2 Å². The van der Waals surface area contributed by atoms with Gasteiger partial charge in [-0.15, -0.1) is 0 Å². The van der Waals surface area contributed by atoms with Crippen molar-refractivity contribution in [2.24, 2.45) is 0 Å². The lowest BCUT2D eigenvalue weighted by Gasteiger charge is -2.33. The summed E-state index contributed by atoms with van der Waals surface area (Å²) in [5.41, 5.74) is 4.30. The first kappa shape index (κ1) is 19.3. The first-order valence-electron chi connectivity index (χ1n) is 10.1. The number of rotatable bonds is 2. The van der Waals surface area contributed by atoms with Crippen LogP contribution in [0.5, 0.6) is 11.5 Å². The zero-order chi connectivity index (χ0) is 21.0. The molecule has 0 spiro atoms. The van der Waals surface area contributed by atoms with Crippen LogP contribution >= 0.6 is 0 Å². The van der Waals surface area contributed by atoms with Gasteiger partial charge in [-0.3, -0.25) is 9.69 Å². The quantitative estimate of drug-likeness (QED) is 0.688. The summed E-state index contributed by atoms with van der Waals surface area (Å²) >= 11 is 0. The summed E-state index contributed by atoms with van der Waals surface area (Å²) in [6.45, 7) is 4.82. The molecule has 0 bridgehead atoms. The van der Waals surface area contributed by atoms with Crippen LogP contribution in [0.1, 0.15) is 39.0 Å². The van der Waals surface area contributed by atoms with Gasteiger partial charge in [0.15, 0.2) is 15.6 Å². The highest BCUT2D eigenvalue weighted by Gasteiger charge is 2.37. The molecule has 156 valence electrons. The van der Waals surface area contributed by atoms with Gasteiger partial charge in [-0.2, -0.15) is 0 Å². The molecule has 3 aliphatic rings. The molecule has 7 heteroatoms. The number of ketones is 1. The van der Waals surface area contributed by atoms with Crippen LogP contribution < -0.4 is 9.47 Å². The van der Waals surface area contributed by atoms with Gasteiger partial charge in [0.05, 0.1) is 17.1 Å². The predicted octanol–water partition coefficient (Wildman–Crippen LogP) is 3.26. The third-order valence-electron chi connectivity index (χ3n) is 6.06. The SMILES string of the molecule is Cc1ccc(/C=C2\Oc3c(cc4c(c3C)OCN(C3CCS(=O)(=O)C3)C4)C2=O)cc1. The average molecular weight is 426 g/mol. The number of carbonyl (C=O) groups excluding carboxylic acids is 1. The number of benzene rings is 2. The zero-order valence-electron chi connectivity index (χ0n) is 17.0. The topological polar surface area (TPSA) is 72.9 Å². The summed E-state index contributed by atoms with van der Waals surface area (Å²) in [4.78, 5) is 15.0. The van der Waals surface area contributed by atoms with E-state index in [4.69, 9.17) is 9.47 Å². The Morgan fingerprint density at radius 2 is 1.90 bits per heavy atom. The van der Waals surface area contributed by atoms with E-state index >= 15 is 0 Å². The van der Waals surface area contributed by atoms with Crippen LogP contribution in [0.25, 0.3) is 6.08 Å². The molecule has 3 heterocycles. The molecule has 3 aliphatic heterocycles.